The zero-order valence-electron chi connectivity index (χ0n) is 10.4. The minimum absolute atomic E-state index is 0.194. The number of hydrogen-bond acceptors (Lipinski definition) is 3. The molecule has 0 saturated heterocycles. The van der Waals surface area contributed by atoms with Gasteiger partial charge in [-0.05, 0) is 19.4 Å². The molecule has 0 rings (SSSR count). The summed E-state index contributed by atoms with van der Waals surface area (Å²) in [4.78, 5) is 10.3. The van der Waals surface area contributed by atoms with E-state index in [4.69, 9.17) is 10.8 Å². The highest BCUT2D eigenvalue weighted by atomic mass is 16.4. The van der Waals surface area contributed by atoms with Crippen LogP contribution in [0.1, 0.15) is 27.7 Å². The van der Waals surface area contributed by atoms with E-state index in [0.29, 0.717) is 6.54 Å². The van der Waals surface area contributed by atoms with E-state index in [2.05, 4.69) is 5.32 Å². The molecule has 0 aromatic rings. The largest absolute Gasteiger partial charge is 0.477 e. The second kappa shape index (κ2) is 11.4. The first-order valence-electron chi connectivity index (χ1n) is 5.32. The number of allylic oxidation sites excluding steroid dienone is 2. The van der Waals surface area contributed by atoms with Crippen LogP contribution in [0, 0.1) is 0 Å². The average Bonchev–Trinajstić information content (AvgIpc) is 2.30. The van der Waals surface area contributed by atoms with Crippen molar-refractivity contribution in [1.82, 2.24) is 5.32 Å². The van der Waals surface area contributed by atoms with E-state index in [1.54, 1.807) is 0 Å². The maximum absolute atomic E-state index is 10.3. The fourth-order valence-corrected chi connectivity index (χ4v) is 0.812. The Bertz CT molecular complexity index is 279. The van der Waals surface area contributed by atoms with Crippen molar-refractivity contribution in [3.05, 3.63) is 35.7 Å². The Hall–Kier alpha value is -1.71. The van der Waals surface area contributed by atoms with Gasteiger partial charge in [-0.15, -0.1) is 0 Å². The van der Waals surface area contributed by atoms with Gasteiger partial charge in [0.2, 0.25) is 0 Å². The molecule has 0 atom stereocenters. The second-order valence-electron chi connectivity index (χ2n) is 2.65. The fourth-order valence-electron chi connectivity index (χ4n) is 0.812. The number of rotatable bonds is 5. The van der Waals surface area contributed by atoms with Crippen LogP contribution in [-0.2, 0) is 4.79 Å². The molecule has 4 nitrogen and oxygen atoms in total. The van der Waals surface area contributed by atoms with Gasteiger partial charge in [0, 0.05) is 12.7 Å². The van der Waals surface area contributed by atoms with Crippen LogP contribution in [0.5, 0.6) is 0 Å². The van der Waals surface area contributed by atoms with E-state index < -0.39 is 5.97 Å². The molecule has 92 valence electrons. The molecule has 0 aromatic carbocycles. The monoisotopic (exact) mass is 226 g/mol. The van der Waals surface area contributed by atoms with Gasteiger partial charge in [-0.1, -0.05) is 32.1 Å². The molecule has 0 fully saturated rings. The van der Waals surface area contributed by atoms with Gasteiger partial charge in [0.25, 0.3) is 0 Å². The Kier molecular flexibility index (Phi) is 11.9. The first-order chi connectivity index (χ1) is 7.61. The minimum Gasteiger partial charge on any atom is -0.477 e. The maximum Gasteiger partial charge on any atom is 0.353 e. The summed E-state index contributed by atoms with van der Waals surface area (Å²) in [6, 6.07) is 0. The summed E-state index contributed by atoms with van der Waals surface area (Å²) in [6.45, 7) is 8.40. The molecule has 0 unspecified atom stereocenters. The first kappa shape index (κ1) is 16.7. The number of aliphatic carboxylic acids is 1. The van der Waals surface area contributed by atoms with E-state index in [1.807, 2.05) is 45.9 Å². The molecule has 0 saturated carbocycles. The SMILES string of the molecule is C/C=C\C(=C/C)CN/C=C(\N)C(=O)O.CC. The lowest BCUT2D eigenvalue weighted by Crippen LogP contribution is -2.17. The molecule has 16 heavy (non-hydrogen) atoms. The third-order valence-corrected chi connectivity index (χ3v) is 1.56. The van der Waals surface area contributed by atoms with E-state index in [9.17, 15) is 4.79 Å². The summed E-state index contributed by atoms with van der Waals surface area (Å²) in [5.41, 5.74) is 6.06. The number of nitrogens with one attached hydrogen (secondary N) is 1. The Labute approximate surface area is 97.5 Å². The zero-order valence-corrected chi connectivity index (χ0v) is 10.4. The second-order valence-corrected chi connectivity index (χ2v) is 2.65. The molecule has 0 amide bonds. The van der Waals surface area contributed by atoms with Crippen molar-refractivity contribution in [3.8, 4) is 0 Å². The van der Waals surface area contributed by atoms with Crippen LogP contribution in [0.3, 0.4) is 0 Å². The number of carboxylic acid groups (broad SMARTS) is 1. The van der Waals surface area contributed by atoms with Crippen molar-refractivity contribution in [1.29, 1.82) is 0 Å². The quantitative estimate of drug-likeness (QED) is 0.495. The van der Waals surface area contributed by atoms with Gasteiger partial charge in [-0.3, -0.25) is 0 Å². The highest BCUT2D eigenvalue weighted by molar-refractivity contribution is 5.85. The smallest absolute Gasteiger partial charge is 0.353 e. The standard InChI is InChI=1S/C10H16N2O2.C2H6/c1-3-5-8(4-2)6-12-7-9(11)10(13)14;1-2/h3-5,7,12H,6,11H2,1-2H3,(H,13,14);1-2H3/b5-3-,8-4+,9-7-;. The van der Waals surface area contributed by atoms with E-state index in [-0.39, 0.29) is 5.70 Å². The van der Waals surface area contributed by atoms with E-state index in [1.165, 1.54) is 6.20 Å². The fraction of sp³-hybridized carbons (Fsp3) is 0.417. The van der Waals surface area contributed by atoms with Crippen molar-refractivity contribution >= 4 is 5.97 Å². The molecule has 4 heteroatoms. The van der Waals surface area contributed by atoms with Gasteiger partial charge >= 0.3 is 5.97 Å². The number of carboxylic acids is 1. The number of nitrogens with two attached hydrogens (primary N) is 1. The van der Waals surface area contributed by atoms with Crippen molar-refractivity contribution in [3.63, 3.8) is 0 Å². The van der Waals surface area contributed by atoms with E-state index >= 15 is 0 Å². The van der Waals surface area contributed by atoms with Crippen LogP contribution < -0.4 is 11.1 Å². The minimum atomic E-state index is -1.12. The summed E-state index contributed by atoms with van der Waals surface area (Å²) in [5.74, 6) is -1.12. The molecule has 0 heterocycles. The summed E-state index contributed by atoms with van der Waals surface area (Å²) >= 11 is 0. The first-order valence-corrected chi connectivity index (χ1v) is 5.32. The Morgan fingerprint density at radius 2 is 1.94 bits per heavy atom. The summed E-state index contributed by atoms with van der Waals surface area (Å²) in [6.07, 6.45) is 7.09. The topological polar surface area (TPSA) is 75.3 Å². The molecule has 0 aromatic heterocycles. The Morgan fingerprint density at radius 1 is 1.38 bits per heavy atom. The Morgan fingerprint density at radius 3 is 2.31 bits per heavy atom. The molecule has 0 spiro atoms. The van der Waals surface area contributed by atoms with Gasteiger partial charge in [-0.25, -0.2) is 4.79 Å². The molecule has 4 N–H and O–H groups in total. The third-order valence-electron chi connectivity index (χ3n) is 1.56. The number of hydrogen-bond donors (Lipinski definition) is 3. The lowest BCUT2D eigenvalue weighted by molar-refractivity contribution is -0.132. The predicted molar refractivity (Wildman–Crippen MR) is 67.8 cm³/mol. The van der Waals surface area contributed by atoms with Crippen molar-refractivity contribution in [2.24, 2.45) is 5.73 Å². The van der Waals surface area contributed by atoms with E-state index in [0.717, 1.165) is 5.57 Å². The molecule has 0 aliphatic heterocycles. The Balaban J connectivity index is 0. The van der Waals surface area contributed by atoms with Crippen LogP contribution in [0.15, 0.2) is 35.7 Å². The van der Waals surface area contributed by atoms with Gasteiger partial charge < -0.3 is 16.2 Å². The molecular weight excluding hydrogens is 204 g/mol. The maximum atomic E-state index is 10.3. The summed E-state index contributed by atoms with van der Waals surface area (Å²) < 4.78 is 0. The van der Waals surface area contributed by atoms with Crippen LogP contribution in [0.4, 0.5) is 0 Å². The van der Waals surface area contributed by atoms with Crippen molar-refractivity contribution in [2.75, 3.05) is 6.54 Å². The molecule has 0 aliphatic rings. The summed E-state index contributed by atoms with van der Waals surface area (Å²) in [7, 11) is 0. The lowest BCUT2D eigenvalue weighted by atomic mass is 10.2. The van der Waals surface area contributed by atoms with Crippen LogP contribution >= 0.6 is 0 Å². The third kappa shape index (κ3) is 8.87. The molecule has 0 bridgehead atoms. The van der Waals surface area contributed by atoms with Crippen molar-refractivity contribution < 1.29 is 9.90 Å². The molecular formula is C12H22N2O2. The highest BCUT2D eigenvalue weighted by Crippen LogP contribution is 1.94. The van der Waals surface area contributed by atoms with Gasteiger partial charge in [0.05, 0.1) is 0 Å². The van der Waals surface area contributed by atoms with Gasteiger partial charge in [0.15, 0.2) is 0 Å². The van der Waals surface area contributed by atoms with Gasteiger partial charge in [0.1, 0.15) is 5.70 Å². The normalized spacial score (nSPS) is 12.0. The van der Waals surface area contributed by atoms with Crippen LogP contribution in [0.2, 0.25) is 0 Å². The summed E-state index contributed by atoms with van der Waals surface area (Å²) in [5, 5.41) is 11.3. The number of carbonyl (C=O) groups is 1. The van der Waals surface area contributed by atoms with Crippen LogP contribution in [0.25, 0.3) is 0 Å². The van der Waals surface area contributed by atoms with Gasteiger partial charge in [-0.2, -0.15) is 0 Å². The zero-order chi connectivity index (χ0) is 13.0. The lowest BCUT2D eigenvalue weighted by Gasteiger charge is -2.02. The average molecular weight is 226 g/mol. The molecule has 0 aliphatic carbocycles. The molecule has 0 radical (unpaired) electrons. The van der Waals surface area contributed by atoms with Crippen LogP contribution in [-0.4, -0.2) is 17.6 Å². The highest BCUT2D eigenvalue weighted by Gasteiger charge is 1.98. The van der Waals surface area contributed by atoms with Crippen molar-refractivity contribution in [2.45, 2.75) is 27.7 Å². The predicted octanol–water partition coefficient (Wildman–Crippen LogP) is 2.01.